The summed E-state index contributed by atoms with van der Waals surface area (Å²) in [4.78, 5) is 35.2. The van der Waals surface area contributed by atoms with Gasteiger partial charge < -0.3 is 20.1 Å². The highest BCUT2D eigenvalue weighted by Gasteiger charge is 2.17. The first-order valence-corrected chi connectivity index (χ1v) is 8.37. The van der Waals surface area contributed by atoms with Crippen molar-refractivity contribution in [2.45, 2.75) is 26.8 Å². The van der Waals surface area contributed by atoms with Gasteiger partial charge in [0.05, 0.1) is 7.11 Å². The Kier molecular flexibility index (Phi) is 8.91. The number of hydrogen-bond donors (Lipinski definition) is 2. The Morgan fingerprint density at radius 2 is 1.77 bits per heavy atom. The minimum Gasteiger partial charge on any atom is -0.497 e. The average Bonchev–Trinajstić information content (AvgIpc) is 2.62. The fourth-order valence-electron chi connectivity index (χ4n) is 1.84. The monoisotopic (exact) mass is 362 g/mol. The summed E-state index contributed by atoms with van der Waals surface area (Å²) in [7, 11) is 1.58. The molecule has 0 saturated carbocycles. The molecule has 0 fully saturated rings. The minimum atomic E-state index is -0.860. The largest absolute Gasteiger partial charge is 0.497 e. The highest BCUT2D eigenvalue weighted by Crippen LogP contribution is 2.12. The van der Waals surface area contributed by atoms with Gasteiger partial charge in [-0.2, -0.15) is 0 Å². The number of hydrogen-bond acceptors (Lipinski definition) is 5. The van der Waals surface area contributed by atoms with E-state index in [4.69, 9.17) is 9.47 Å². The van der Waals surface area contributed by atoms with Gasteiger partial charge in [-0.05, 0) is 36.6 Å². The lowest BCUT2D eigenvalue weighted by Gasteiger charge is -2.12. The second kappa shape index (κ2) is 10.9. The van der Waals surface area contributed by atoms with Gasteiger partial charge in [0.2, 0.25) is 5.91 Å². The summed E-state index contributed by atoms with van der Waals surface area (Å²) in [5.74, 6) is -0.443. The van der Waals surface area contributed by atoms with Crippen molar-refractivity contribution in [3.8, 4) is 5.75 Å². The smallest absolute Gasteiger partial charge is 0.328 e. The van der Waals surface area contributed by atoms with Crippen LogP contribution in [0.5, 0.6) is 5.75 Å². The molecule has 1 aromatic rings. The number of esters is 1. The van der Waals surface area contributed by atoms with Gasteiger partial charge in [0, 0.05) is 12.6 Å². The van der Waals surface area contributed by atoms with Gasteiger partial charge in [-0.15, -0.1) is 0 Å². The van der Waals surface area contributed by atoms with Crippen molar-refractivity contribution in [1.82, 2.24) is 10.6 Å². The number of ether oxygens (including phenoxy) is 2. The summed E-state index contributed by atoms with van der Waals surface area (Å²) in [6, 6.07) is 6.30. The first-order chi connectivity index (χ1) is 12.3. The van der Waals surface area contributed by atoms with Crippen LogP contribution >= 0.6 is 0 Å². The second-order valence-electron chi connectivity index (χ2n) is 6.14. The molecular formula is C19H26N2O5. The molecule has 0 bridgehead atoms. The molecule has 26 heavy (non-hydrogen) atoms. The van der Waals surface area contributed by atoms with Crippen molar-refractivity contribution in [2.75, 3.05) is 20.3 Å². The molecule has 2 amide bonds. The molecule has 0 radical (unpaired) electrons. The summed E-state index contributed by atoms with van der Waals surface area (Å²) in [5.41, 5.74) is 0.818. The molecule has 1 aromatic carbocycles. The molecule has 1 rings (SSSR count). The van der Waals surface area contributed by atoms with Crippen molar-refractivity contribution >= 4 is 23.9 Å². The van der Waals surface area contributed by atoms with Gasteiger partial charge >= 0.3 is 5.97 Å². The molecule has 0 aliphatic rings. The summed E-state index contributed by atoms with van der Waals surface area (Å²) >= 11 is 0. The molecule has 0 aliphatic heterocycles. The summed E-state index contributed by atoms with van der Waals surface area (Å²) in [5, 5.41) is 5.13. The average molecular weight is 362 g/mol. The Labute approximate surface area is 153 Å². The second-order valence-corrected chi connectivity index (χ2v) is 6.14. The van der Waals surface area contributed by atoms with Crippen molar-refractivity contribution in [3.63, 3.8) is 0 Å². The zero-order valence-corrected chi connectivity index (χ0v) is 15.6. The molecule has 2 N–H and O–H groups in total. The van der Waals surface area contributed by atoms with E-state index in [1.807, 2.05) is 13.8 Å². The van der Waals surface area contributed by atoms with Gasteiger partial charge in [-0.25, -0.2) is 4.79 Å². The van der Waals surface area contributed by atoms with E-state index in [0.29, 0.717) is 12.5 Å². The van der Waals surface area contributed by atoms with E-state index in [9.17, 15) is 14.4 Å². The Bertz CT molecular complexity index is 638. The van der Waals surface area contributed by atoms with E-state index >= 15 is 0 Å². The fraction of sp³-hybridized carbons (Fsp3) is 0.421. The zero-order valence-electron chi connectivity index (χ0n) is 15.6. The van der Waals surface area contributed by atoms with Crippen LogP contribution in [-0.2, 0) is 19.1 Å². The Hall–Kier alpha value is -2.83. The molecule has 0 unspecified atom stereocenters. The predicted molar refractivity (Wildman–Crippen MR) is 98.4 cm³/mol. The summed E-state index contributed by atoms with van der Waals surface area (Å²) in [6.45, 7) is 5.56. The quantitative estimate of drug-likeness (QED) is 0.513. The third kappa shape index (κ3) is 8.32. The Morgan fingerprint density at radius 1 is 1.12 bits per heavy atom. The number of nitrogens with one attached hydrogen (secondary N) is 2. The molecule has 0 spiro atoms. The lowest BCUT2D eigenvalue weighted by Crippen LogP contribution is -2.40. The third-order valence-electron chi connectivity index (χ3n) is 3.31. The Morgan fingerprint density at radius 3 is 2.35 bits per heavy atom. The van der Waals surface area contributed by atoms with E-state index in [-0.39, 0.29) is 12.5 Å². The number of methoxy groups -OCH3 is 1. The zero-order chi connectivity index (χ0) is 19.5. The van der Waals surface area contributed by atoms with Gasteiger partial charge in [0.15, 0.2) is 6.61 Å². The standard InChI is InChI=1S/C19H26N2O5/c1-13(2)11-20-18(23)12-26-19(24)14(3)21-17(22)10-7-15-5-8-16(25-4)9-6-15/h5-10,13-14H,11-12H2,1-4H3,(H,20,23)(H,21,22)/b10-7+/t14-/m0/s1. The summed E-state index contributed by atoms with van der Waals surface area (Å²) in [6.07, 6.45) is 2.94. The topological polar surface area (TPSA) is 93.7 Å². The number of rotatable bonds is 9. The minimum absolute atomic E-state index is 0.311. The number of carbonyl (C=O) groups is 3. The van der Waals surface area contributed by atoms with Crippen LogP contribution < -0.4 is 15.4 Å². The molecule has 0 saturated heterocycles. The van der Waals surface area contributed by atoms with Crippen LogP contribution in [0.25, 0.3) is 6.08 Å². The van der Waals surface area contributed by atoms with Crippen LogP contribution in [0, 0.1) is 5.92 Å². The van der Waals surface area contributed by atoms with Gasteiger partial charge in [0.25, 0.3) is 5.91 Å². The highest BCUT2D eigenvalue weighted by atomic mass is 16.5. The van der Waals surface area contributed by atoms with Crippen molar-refractivity contribution in [1.29, 1.82) is 0 Å². The summed E-state index contributed by atoms with van der Waals surface area (Å²) < 4.78 is 9.94. The fourth-order valence-corrected chi connectivity index (χ4v) is 1.84. The Balaban J connectivity index is 2.38. The van der Waals surface area contributed by atoms with Crippen LogP contribution in [0.4, 0.5) is 0 Å². The SMILES string of the molecule is COc1ccc(/C=C/C(=O)N[C@@H](C)C(=O)OCC(=O)NCC(C)C)cc1. The highest BCUT2D eigenvalue weighted by molar-refractivity contribution is 5.94. The van der Waals surface area contributed by atoms with E-state index in [2.05, 4.69) is 10.6 Å². The van der Waals surface area contributed by atoms with E-state index in [0.717, 1.165) is 11.3 Å². The maximum atomic E-state index is 11.9. The van der Waals surface area contributed by atoms with Crippen LogP contribution in [0.3, 0.4) is 0 Å². The van der Waals surface area contributed by atoms with Crippen LogP contribution in [-0.4, -0.2) is 44.1 Å². The molecule has 1 atom stereocenters. The molecular weight excluding hydrogens is 336 g/mol. The molecule has 0 aliphatic carbocycles. The molecule has 7 nitrogen and oxygen atoms in total. The molecule has 142 valence electrons. The van der Waals surface area contributed by atoms with E-state index < -0.39 is 17.9 Å². The number of benzene rings is 1. The maximum absolute atomic E-state index is 11.9. The number of carbonyl (C=O) groups excluding carboxylic acids is 3. The van der Waals surface area contributed by atoms with Crippen molar-refractivity contribution < 1.29 is 23.9 Å². The maximum Gasteiger partial charge on any atom is 0.328 e. The van der Waals surface area contributed by atoms with Gasteiger partial charge in [-0.3, -0.25) is 9.59 Å². The van der Waals surface area contributed by atoms with Crippen LogP contribution in [0.1, 0.15) is 26.3 Å². The first-order valence-electron chi connectivity index (χ1n) is 8.37. The van der Waals surface area contributed by atoms with Crippen molar-refractivity contribution in [3.05, 3.63) is 35.9 Å². The predicted octanol–water partition coefficient (Wildman–Crippen LogP) is 1.53. The molecule has 0 heterocycles. The van der Waals surface area contributed by atoms with E-state index in [1.54, 1.807) is 37.5 Å². The lowest BCUT2D eigenvalue weighted by atomic mass is 10.2. The number of amides is 2. The van der Waals surface area contributed by atoms with Gasteiger partial charge in [-0.1, -0.05) is 26.0 Å². The normalized spacial score (nSPS) is 11.9. The third-order valence-corrected chi connectivity index (χ3v) is 3.31. The molecule has 0 aromatic heterocycles. The van der Waals surface area contributed by atoms with Crippen LogP contribution in [0.2, 0.25) is 0 Å². The van der Waals surface area contributed by atoms with Crippen molar-refractivity contribution in [2.24, 2.45) is 5.92 Å². The van der Waals surface area contributed by atoms with Gasteiger partial charge in [0.1, 0.15) is 11.8 Å². The van der Waals surface area contributed by atoms with Crippen LogP contribution in [0.15, 0.2) is 30.3 Å². The van der Waals surface area contributed by atoms with E-state index in [1.165, 1.54) is 13.0 Å². The molecule has 7 heteroatoms. The first kappa shape index (κ1) is 21.2. The lowest BCUT2D eigenvalue weighted by molar-refractivity contribution is -0.151.